The molecule has 2 heterocycles. The number of para-hydroxylation sites is 2. The van der Waals surface area contributed by atoms with Gasteiger partial charge in [0.25, 0.3) is 0 Å². The molecule has 6 nitrogen and oxygen atoms in total. The average molecular weight is 393 g/mol. The SMILES string of the molecule is CC(=O)N1CCN(c2ccccc2CNC(=O)C2Cc3cccc(C)c3N2)CC1. The maximum atomic E-state index is 12.8. The summed E-state index contributed by atoms with van der Waals surface area (Å²) in [6, 6.07) is 14.1. The van der Waals surface area contributed by atoms with E-state index in [0.29, 0.717) is 6.54 Å². The maximum absolute atomic E-state index is 12.8. The topological polar surface area (TPSA) is 64.7 Å². The van der Waals surface area contributed by atoms with Crippen molar-refractivity contribution in [3.63, 3.8) is 0 Å². The third-order valence-electron chi connectivity index (χ3n) is 5.93. The lowest BCUT2D eigenvalue weighted by Crippen LogP contribution is -2.48. The number of carbonyl (C=O) groups is 2. The molecule has 2 amide bonds. The Hall–Kier alpha value is -3.02. The second kappa shape index (κ2) is 8.15. The zero-order valence-corrected chi connectivity index (χ0v) is 17.1. The van der Waals surface area contributed by atoms with E-state index in [0.717, 1.165) is 49.5 Å². The van der Waals surface area contributed by atoms with Crippen LogP contribution < -0.4 is 15.5 Å². The van der Waals surface area contributed by atoms with Crippen LogP contribution in [0.1, 0.15) is 23.6 Å². The summed E-state index contributed by atoms with van der Waals surface area (Å²) in [7, 11) is 0. The first-order valence-electron chi connectivity index (χ1n) is 10.2. The molecule has 1 atom stereocenters. The number of nitrogens with zero attached hydrogens (tertiary/aromatic N) is 2. The summed E-state index contributed by atoms with van der Waals surface area (Å²) >= 11 is 0. The monoisotopic (exact) mass is 392 g/mol. The van der Waals surface area contributed by atoms with Crippen molar-refractivity contribution >= 4 is 23.2 Å². The normalized spacial score (nSPS) is 18.2. The van der Waals surface area contributed by atoms with Crippen LogP contribution in [0.5, 0.6) is 0 Å². The van der Waals surface area contributed by atoms with Crippen molar-refractivity contribution in [2.24, 2.45) is 0 Å². The van der Waals surface area contributed by atoms with Crippen molar-refractivity contribution in [1.29, 1.82) is 0 Å². The molecule has 2 N–H and O–H groups in total. The molecule has 29 heavy (non-hydrogen) atoms. The van der Waals surface area contributed by atoms with Gasteiger partial charge in [-0.2, -0.15) is 0 Å². The minimum Gasteiger partial charge on any atom is -0.373 e. The van der Waals surface area contributed by atoms with Crippen LogP contribution in [-0.4, -0.2) is 48.9 Å². The molecule has 0 aromatic heterocycles. The Kier molecular flexibility index (Phi) is 5.43. The minimum absolute atomic E-state index is 0.0248. The largest absolute Gasteiger partial charge is 0.373 e. The van der Waals surface area contributed by atoms with Crippen molar-refractivity contribution in [2.75, 3.05) is 36.4 Å². The number of anilines is 2. The molecule has 1 unspecified atom stereocenters. The fourth-order valence-electron chi connectivity index (χ4n) is 4.25. The van der Waals surface area contributed by atoms with Gasteiger partial charge >= 0.3 is 0 Å². The van der Waals surface area contributed by atoms with E-state index in [9.17, 15) is 9.59 Å². The summed E-state index contributed by atoms with van der Waals surface area (Å²) in [5, 5.41) is 6.48. The molecule has 0 saturated carbocycles. The van der Waals surface area contributed by atoms with E-state index in [-0.39, 0.29) is 17.9 Å². The van der Waals surface area contributed by atoms with Gasteiger partial charge in [0.05, 0.1) is 0 Å². The molecular weight excluding hydrogens is 364 g/mol. The van der Waals surface area contributed by atoms with Gasteiger partial charge in [-0.15, -0.1) is 0 Å². The molecule has 2 aromatic rings. The van der Waals surface area contributed by atoms with Gasteiger partial charge in [-0.05, 0) is 29.7 Å². The number of fused-ring (bicyclic) bond motifs is 1. The van der Waals surface area contributed by atoms with E-state index in [1.54, 1.807) is 6.92 Å². The predicted octanol–water partition coefficient (Wildman–Crippen LogP) is 2.32. The van der Waals surface area contributed by atoms with Crippen LogP contribution in [0.2, 0.25) is 0 Å². The molecule has 0 spiro atoms. The highest BCUT2D eigenvalue weighted by molar-refractivity contribution is 5.88. The Balaban J connectivity index is 1.38. The zero-order chi connectivity index (χ0) is 20.4. The van der Waals surface area contributed by atoms with Crippen LogP contribution in [0, 0.1) is 6.92 Å². The lowest BCUT2D eigenvalue weighted by Gasteiger charge is -2.36. The fourth-order valence-corrected chi connectivity index (χ4v) is 4.25. The molecule has 0 aliphatic carbocycles. The quantitative estimate of drug-likeness (QED) is 0.838. The zero-order valence-electron chi connectivity index (χ0n) is 17.1. The van der Waals surface area contributed by atoms with Crippen molar-refractivity contribution in [1.82, 2.24) is 10.2 Å². The van der Waals surface area contributed by atoms with Crippen LogP contribution in [-0.2, 0) is 22.6 Å². The number of hydrogen-bond donors (Lipinski definition) is 2. The number of piperazine rings is 1. The molecule has 2 aliphatic rings. The third-order valence-corrected chi connectivity index (χ3v) is 5.93. The number of rotatable bonds is 4. The number of amides is 2. The molecule has 0 radical (unpaired) electrons. The standard InChI is InChI=1S/C23H28N4O2/c1-16-6-5-8-18-14-20(25-22(16)18)23(29)24-15-19-7-3-4-9-21(19)27-12-10-26(11-13-27)17(2)28/h3-9,20,25H,10-15H2,1-2H3,(H,24,29). The summed E-state index contributed by atoms with van der Waals surface area (Å²) in [5.74, 6) is 0.155. The van der Waals surface area contributed by atoms with Gasteiger partial charge in [0.15, 0.2) is 0 Å². The van der Waals surface area contributed by atoms with E-state index >= 15 is 0 Å². The number of aryl methyl sites for hydroxylation is 1. The molecule has 2 aliphatic heterocycles. The summed E-state index contributed by atoms with van der Waals surface area (Å²) in [5.41, 5.74) is 5.71. The lowest BCUT2D eigenvalue weighted by molar-refractivity contribution is -0.129. The molecule has 1 saturated heterocycles. The summed E-state index contributed by atoms with van der Waals surface area (Å²) < 4.78 is 0. The Morgan fingerprint density at radius 1 is 1.07 bits per heavy atom. The fraction of sp³-hybridized carbons (Fsp3) is 0.391. The molecule has 4 rings (SSSR count). The number of carbonyl (C=O) groups excluding carboxylic acids is 2. The summed E-state index contributed by atoms with van der Waals surface area (Å²) in [4.78, 5) is 28.5. The number of nitrogens with one attached hydrogen (secondary N) is 2. The van der Waals surface area contributed by atoms with Gasteiger partial charge < -0.3 is 20.4 Å². The second-order valence-corrected chi connectivity index (χ2v) is 7.85. The van der Waals surface area contributed by atoms with E-state index < -0.39 is 0 Å². The second-order valence-electron chi connectivity index (χ2n) is 7.85. The Bertz CT molecular complexity index is 919. The van der Waals surface area contributed by atoms with Crippen LogP contribution in [0.25, 0.3) is 0 Å². The molecule has 152 valence electrons. The van der Waals surface area contributed by atoms with Crippen LogP contribution >= 0.6 is 0 Å². The Morgan fingerprint density at radius 3 is 2.55 bits per heavy atom. The van der Waals surface area contributed by atoms with Crippen molar-refractivity contribution in [2.45, 2.75) is 32.9 Å². The highest BCUT2D eigenvalue weighted by atomic mass is 16.2. The number of hydrogen-bond acceptors (Lipinski definition) is 4. The van der Waals surface area contributed by atoms with E-state index in [2.05, 4.69) is 46.7 Å². The van der Waals surface area contributed by atoms with Gasteiger partial charge in [0.1, 0.15) is 6.04 Å². The lowest BCUT2D eigenvalue weighted by atomic mass is 10.1. The van der Waals surface area contributed by atoms with Crippen LogP contribution in [0.4, 0.5) is 11.4 Å². The smallest absolute Gasteiger partial charge is 0.243 e. The van der Waals surface area contributed by atoms with Crippen molar-refractivity contribution < 1.29 is 9.59 Å². The van der Waals surface area contributed by atoms with Crippen molar-refractivity contribution in [3.05, 3.63) is 59.2 Å². The first kappa shape index (κ1) is 19.3. The molecule has 2 aromatic carbocycles. The van der Waals surface area contributed by atoms with Crippen molar-refractivity contribution in [3.8, 4) is 0 Å². The van der Waals surface area contributed by atoms with E-state index in [1.165, 1.54) is 11.1 Å². The van der Waals surface area contributed by atoms with E-state index in [4.69, 9.17) is 0 Å². The minimum atomic E-state index is -0.225. The first-order valence-corrected chi connectivity index (χ1v) is 10.2. The van der Waals surface area contributed by atoms with Gasteiger partial charge in [0.2, 0.25) is 11.8 Å². The molecule has 1 fully saturated rings. The van der Waals surface area contributed by atoms with Gasteiger partial charge in [-0.3, -0.25) is 9.59 Å². The van der Waals surface area contributed by atoms with Crippen LogP contribution in [0.3, 0.4) is 0 Å². The first-order chi connectivity index (χ1) is 14.0. The third kappa shape index (κ3) is 4.06. The van der Waals surface area contributed by atoms with Gasteiger partial charge in [-0.25, -0.2) is 0 Å². The van der Waals surface area contributed by atoms with Crippen LogP contribution in [0.15, 0.2) is 42.5 Å². The Labute approximate surface area is 171 Å². The van der Waals surface area contributed by atoms with E-state index in [1.807, 2.05) is 23.1 Å². The molecule has 6 heteroatoms. The Morgan fingerprint density at radius 2 is 1.83 bits per heavy atom. The summed E-state index contributed by atoms with van der Waals surface area (Å²) in [6.07, 6.45) is 0.720. The number of benzene rings is 2. The predicted molar refractivity (Wildman–Crippen MR) is 115 cm³/mol. The maximum Gasteiger partial charge on any atom is 0.243 e. The molecule has 0 bridgehead atoms. The van der Waals surface area contributed by atoms with Gasteiger partial charge in [-0.1, -0.05) is 36.4 Å². The van der Waals surface area contributed by atoms with Gasteiger partial charge in [0, 0.05) is 57.4 Å². The molecular formula is C23H28N4O2. The average Bonchev–Trinajstić information content (AvgIpc) is 3.18. The summed E-state index contributed by atoms with van der Waals surface area (Å²) in [6.45, 7) is 7.27. The highest BCUT2D eigenvalue weighted by Gasteiger charge is 2.27. The highest BCUT2D eigenvalue weighted by Crippen LogP contribution is 2.29.